The third-order valence-electron chi connectivity index (χ3n) is 1.34. The van der Waals surface area contributed by atoms with Crippen LogP contribution in [0.1, 0.15) is 6.92 Å². The first-order chi connectivity index (χ1) is 4.56. The Morgan fingerprint density at radius 3 is 2.40 bits per heavy atom. The van der Waals surface area contributed by atoms with Crippen LogP contribution in [-0.4, -0.2) is 35.8 Å². The first kappa shape index (κ1) is 9.32. The Morgan fingerprint density at radius 1 is 1.80 bits per heavy atom. The minimum absolute atomic E-state index is 0.177. The van der Waals surface area contributed by atoms with Crippen molar-refractivity contribution in [2.75, 3.05) is 20.2 Å². The maximum Gasteiger partial charge on any atom is 0.254 e. The van der Waals surface area contributed by atoms with E-state index in [2.05, 4.69) is 5.32 Å². The van der Waals surface area contributed by atoms with E-state index in [4.69, 9.17) is 5.11 Å². The van der Waals surface area contributed by atoms with E-state index in [1.807, 2.05) is 0 Å². The van der Waals surface area contributed by atoms with Gasteiger partial charge < -0.3 is 10.4 Å². The molecule has 0 aliphatic carbocycles. The zero-order chi connectivity index (χ0) is 8.20. The molecule has 5 nitrogen and oxygen atoms in total. The van der Waals surface area contributed by atoms with Gasteiger partial charge in [0.05, 0.1) is 6.54 Å². The van der Waals surface area contributed by atoms with Gasteiger partial charge in [-0.25, -0.2) is 0 Å². The summed E-state index contributed by atoms with van der Waals surface area (Å²) in [4.78, 5) is 9.77. The molecule has 0 heterocycles. The Balaban J connectivity index is 4.08. The van der Waals surface area contributed by atoms with Crippen LogP contribution in [0.5, 0.6) is 0 Å². The second-order valence-corrected chi connectivity index (χ2v) is 2.44. The zero-order valence-corrected chi connectivity index (χ0v) is 6.13. The largest absolute Gasteiger partial charge is 0.389 e. The van der Waals surface area contributed by atoms with Crippen molar-refractivity contribution >= 4 is 0 Å². The van der Waals surface area contributed by atoms with Crippen LogP contribution in [0.2, 0.25) is 0 Å². The van der Waals surface area contributed by atoms with Crippen LogP contribution in [0.4, 0.5) is 0 Å². The minimum atomic E-state index is -1.24. The summed E-state index contributed by atoms with van der Waals surface area (Å²) in [6, 6.07) is 0. The summed E-state index contributed by atoms with van der Waals surface area (Å²) in [5, 5.41) is 21.5. The van der Waals surface area contributed by atoms with Gasteiger partial charge in [-0.3, -0.25) is 10.1 Å². The number of nitro groups is 1. The molecule has 0 aromatic rings. The number of rotatable bonds is 4. The molecular weight excluding hydrogens is 136 g/mol. The minimum Gasteiger partial charge on any atom is -0.389 e. The monoisotopic (exact) mass is 148 g/mol. The Hall–Kier alpha value is -0.680. The van der Waals surface area contributed by atoms with E-state index in [9.17, 15) is 10.1 Å². The van der Waals surface area contributed by atoms with Crippen molar-refractivity contribution in [1.82, 2.24) is 5.32 Å². The van der Waals surface area contributed by atoms with Crippen LogP contribution in [0.25, 0.3) is 0 Å². The normalized spacial score (nSPS) is 16.3. The number of hydrogen-bond acceptors (Lipinski definition) is 4. The smallest absolute Gasteiger partial charge is 0.254 e. The fourth-order valence-corrected chi connectivity index (χ4v) is 0.559. The predicted octanol–water partition coefficient (Wildman–Crippen LogP) is -0.766. The van der Waals surface area contributed by atoms with Crippen molar-refractivity contribution in [2.24, 2.45) is 0 Å². The summed E-state index contributed by atoms with van der Waals surface area (Å²) in [5.74, 6) is 0. The Morgan fingerprint density at radius 2 is 2.30 bits per heavy atom. The quantitative estimate of drug-likeness (QED) is 0.405. The molecule has 0 aromatic carbocycles. The van der Waals surface area contributed by atoms with Gasteiger partial charge in [-0.2, -0.15) is 0 Å². The van der Waals surface area contributed by atoms with E-state index in [-0.39, 0.29) is 6.54 Å². The summed E-state index contributed by atoms with van der Waals surface area (Å²) in [6.45, 7) is 1.13. The van der Waals surface area contributed by atoms with Crippen molar-refractivity contribution in [1.29, 1.82) is 0 Å². The van der Waals surface area contributed by atoms with Crippen LogP contribution >= 0.6 is 0 Å². The molecule has 0 fully saturated rings. The van der Waals surface area contributed by atoms with E-state index in [1.165, 1.54) is 6.92 Å². The molecule has 0 spiro atoms. The highest BCUT2D eigenvalue weighted by molar-refractivity contribution is 4.73. The van der Waals surface area contributed by atoms with E-state index >= 15 is 0 Å². The molecule has 0 aliphatic heterocycles. The van der Waals surface area contributed by atoms with Crippen molar-refractivity contribution in [3.8, 4) is 0 Å². The van der Waals surface area contributed by atoms with Gasteiger partial charge in [0.25, 0.3) is 5.54 Å². The molecule has 0 saturated carbocycles. The van der Waals surface area contributed by atoms with Crippen LogP contribution in [0, 0.1) is 10.1 Å². The molecule has 10 heavy (non-hydrogen) atoms. The lowest BCUT2D eigenvalue weighted by atomic mass is 10.1. The molecule has 0 bridgehead atoms. The van der Waals surface area contributed by atoms with Crippen LogP contribution < -0.4 is 5.32 Å². The van der Waals surface area contributed by atoms with Crippen molar-refractivity contribution in [3.05, 3.63) is 10.1 Å². The van der Waals surface area contributed by atoms with Gasteiger partial charge in [-0.15, -0.1) is 0 Å². The van der Waals surface area contributed by atoms with Crippen LogP contribution in [-0.2, 0) is 0 Å². The number of nitrogens with zero attached hydrogens (tertiary/aromatic N) is 1. The molecule has 0 aliphatic rings. The van der Waals surface area contributed by atoms with Crippen molar-refractivity contribution in [2.45, 2.75) is 12.5 Å². The van der Waals surface area contributed by atoms with Crippen molar-refractivity contribution in [3.63, 3.8) is 0 Å². The highest BCUT2D eigenvalue weighted by atomic mass is 16.6. The first-order valence-electron chi connectivity index (χ1n) is 2.97. The second kappa shape index (κ2) is 3.48. The van der Waals surface area contributed by atoms with E-state index in [0.717, 1.165) is 0 Å². The van der Waals surface area contributed by atoms with Crippen molar-refractivity contribution < 1.29 is 10.0 Å². The second-order valence-electron chi connectivity index (χ2n) is 2.44. The Kier molecular flexibility index (Phi) is 3.24. The van der Waals surface area contributed by atoms with Crippen LogP contribution in [0.3, 0.4) is 0 Å². The van der Waals surface area contributed by atoms with Gasteiger partial charge in [0.2, 0.25) is 0 Å². The fraction of sp³-hybridized carbons (Fsp3) is 1.00. The van der Waals surface area contributed by atoms with E-state index < -0.39 is 17.1 Å². The van der Waals surface area contributed by atoms with Gasteiger partial charge in [-0.05, 0) is 7.05 Å². The molecule has 1 atom stereocenters. The molecule has 0 radical (unpaired) electrons. The Bertz CT molecular complexity index is 128. The van der Waals surface area contributed by atoms with Gasteiger partial charge in [0.1, 0.15) is 6.61 Å². The molecule has 0 aromatic heterocycles. The summed E-state index contributed by atoms with van der Waals surface area (Å²) in [6.07, 6.45) is 0. The molecule has 5 heteroatoms. The number of likely N-dealkylation sites (N-methyl/N-ethyl adjacent to an activating group) is 1. The molecule has 0 amide bonds. The third-order valence-corrected chi connectivity index (χ3v) is 1.34. The highest BCUT2D eigenvalue weighted by Gasteiger charge is 2.35. The zero-order valence-electron chi connectivity index (χ0n) is 6.13. The number of hydrogen-bond donors (Lipinski definition) is 2. The van der Waals surface area contributed by atoms with Gasteiger partial charge in [0, 0.05) is 11.8 Å². The number of nitrogens with one attached hydrogen (secondary N) is 1. The molecular formula is C5H12N2O3. The standard InChI is InChI=1S/C5H12N2O3/c1-5(4-8,3-6-2)7(9)10/h6,8H,3-4H2,1-2H3. The number of aliphatic hydroxyl groups excluding tert-OH is 1. The molecule has 0 saturated heterocycles. The highest BCUT2D eigenvalue weighted by Crippen LogP contribution is 2.04. The predicted molar refractivity (Wildman–Crippen MR) is 36.4 cm³/mol. The Labute approximate surface area is 59.2 Å². The fourth-order valence-electron chi connectivity index (χ4n) is 0.559. The molecule has 1 unspecified atom stereocenters. The van der Waals surface area contributed by atoms with Crippen LogP contribution in [0.15, 0.2) is 0 Å². The average Bonchev–Trinajstić information content (AvgIpc) is 1.88. The maximum atomic E-state index is 10.2. The van der Waals surface area contributed by atoms with E-state index in [1.54, 1.807) is 7.05 Å². The first-order valence-corrected chi connectivity index (χ1v) is 2.97. The lowest BCUT2D eigenvalue weighted by Gasteiger charge is -2.16. The molecule has 0 rings (SSSR count). The van der Waals surface area contributed by atoms with Gasteiger partial charge in [0.15, 0.2) is 0 Å². The topological polar surface area (TPSA) is 75.4 Å². The lowest BCUT2D eigenvalue weighted by Crippen LogP contribution is -2.46. The number of aliphatic hydroxyl groups is 1. The van der Waals surface area contributed by atoms with E-state index in [0.29, 0.717) is 0 Å². The summed E-state index contributed by atoms with van der Waals surface area (Å²) >= 11 is 0. The molecule has 60 valence electrons. The van der Waals surface area contributed by atoms with Gasteiger partial charge in [-0.1, -0.05) is 0 Å². The maximum absolute atomic E-state index is 10.2. The molecule has 2 N–H and O–H groups in total. The summed E-state index contributed by atoms with van der Waals surface area (Å²) in [5.41, 5.74) is -1.24. The van der Waals surface area contributed by atoms with Gasteiger partial charge >= 0.3 is 0 Å². The average molecular weight is 148 g/mol. The summed E-state index contributed by atoms with van der Waals surface area (Å²) < 4.78 is 0. The third kappa shape index (κ3) is 1.93. The lowest BCUT2D eigenvalue weighted by molar-refractivity contribution is -0.566. The SMILES string of the molecule is CNCC(C)(CO)[N+](=O)[O-]. The summed E-state index contributed by atoms with van der Waals surface area (Å²) in [7, 11) is 1.61.